The van der Waals surface area contributed by atoms with E-state index in [-0.39, 0.29) is 11.8 Å². The van der Waals surface area contributed by atoms with E-state index >= 15 is 0 Å². The summed E-state index contributed by atoms with van der Waals surface area (Å²) in [4.78, 5) is 13.7. The van der Waals surface area contributed by atoms with Gasteiger partial charge in [-0.05, 0) is 13.5 Å². The number of hydrogen-bond donors (Lipinski definition) is 1. The van der Waals surface area contributed by atoms with Gasteiger partial charge < -0.3 is 15.0 Å². The summed E-state index contributed by atoms with van der Waals surface area (Å²) in [5, 5.41) is 3.19. The van der Waals surface area contributed by atoms with Gasteiger partial charge in [0, 0.05) is 26.2 Å². The van der Waals surface area contributed by atoms with Crippen LogP contribution in [0.1, 0.15) is 13.3 Å². The Labute approximate surface area is 85.6 Å². The van der Waals surface area contributed by atoms with Crippen LogP contribution in [-0.4, -0.2) is 50.7 Å². The highest BCUT2D eigenvalue weighted by Gasteiger charge is 2.27. The molecule has 1 aliphatic heterocycles. The third-order valence-corrected chi connectivity index (χ3v) is 2.75. The van der Waals surface area contributed by atoms with Gasteiger partial charge in [-0.1, -0.05) is 6.92 Å². The van der Waals surface area contributed by atoms with E-state index in [1.54, 1.807) is 7.11 Å². The van der Waals surface area contributed by atoms with Crippen LogP contribution in [0.5, 0.6) is 0 Å². The maximum absolute atomic E-state index is 11.8. The standard InChI is InChI=1S/C10H20N2O2/c1-8(7-14-3)10(13)12-5-4-9(6-12)11-2/h8-9,11H,4-7H2,1-3H3. The van der Waals surface area contributed by atoms with Crippen LogP contribution in [0.15, 0.2) is 0 Å². The van der Waals surface area contributed by atoms with E-state index in [1.807, 2.05) is 18.9 Å². The molecule has 0 saturated carbocycles. The van der Waals surface area contributed by atoms with Gasteiger partial charge in [-0.15, -0.1) is 0 Å². The molecule has 0 aliphatic carbocycles. The van der Waals surface area contributed by atoms with Crippen molar-refractivity contribution in [3.63, 3.8) is 0 Å². The number of likely N-dealkylation sites (tertiary alicyclic amines) is 1. The summed E-state index contributed by atoms with van der Waals surface area (Å²) in [6, 6.07) is 0.466. The molecule has 1 heterocycles. The lowest BCUT2D eigenvalue weighted by Gasteiger charge is -2.20. The zero-order chi connectivity index (χ0) is 10.6. The first-order valence-electron chi connectivity index (χ1n) is 5.14. The van der Waals surface area contributed by atoms with Gasteiger partial charge in [0.2, 0.25) is 5.91 Å². The minimum atomic E-state index is -0.0180. The SMILES string of the molecule is CNC1CCN(C(=O)C(C)COC)C1. The molecule has 0 radical (unpaired) electrons. The topological polar surface area (TPSA) is 41.6 Å². The Kier molecular flexibility index (Phi) is 4.35. The number of nitrogens with zero attached hydrogens (tertiary/aromatic N) is 1. The van der Waals surface area contributed by atoms with Crippen LogP contribution in [0.2, 0.25) is 0 Å². The van der Waals surface area contributed by atoms with Crippen LogP contribution in [0, 0.1) is 5.92 Å². The molecule has 0 spiro atoms. The lowest BCUT2D eigenvalue weighted by molar-refractivity contribution is -0.135. The van der Waals surface area contributed by atoms with E-state index < -0.39 is 0 Å². The fourth-order valence-corrected chi connectivity index (χ4v) is 1.83. The summed E-state index contributed by atoms with van der Waals surface area (Å²) in [6.07, 6.45) is 1.06. The number of carbonyl (C=O) groups is 1. The van der Waals surface area contributed by atoms with Crippen LogP contribution in [0.3, 0.4) is 0 Å². The molecule has 2 atom stereocenters. The van der Waals surface area contributed by atoms with E-state index in [0.717, 1.165) is 19.5 Å². The molecule has 0 aromatic carbocycles. The van der Waals surface area contributed by atoms with E-state index in [2.05, 4.69) is 5.32 Å². The average molecular weight is 200 g/mol. The van der Waals surface area contributed by atoms with Crippen molar-refractivity contribution in [2.24, 2.45) is 5.92 Å². The molecule has 4 nitrogen and oxygen atoms in total. The number of likely N-dealkylation sites (N-methyl/N-ethyl adjacent to an activating group) is 1. The number of hydrogen-bond acceptors (Lipinski definition) is 3. The van der Waals surface area contributed by atoms with Gasteiger partial charge in [0.25, 0.3) is 0 Å². The van der Waals surface area contributed by atoms with Gasteiger partial charge in [-0.3, -0.25) is 4.79 Å². The molecular weight excluding hydrogens is 180 g/mol. The van der Waals surface area contributed by atoms with Crippen molar-refractivity contribution in [3.8, 4) is 0 Å². The first-order valence-corrected chi connectivity index (χ1v) is 5.14. The minimum absolute atomic E-state index is 0.0180. The Morgan fingerprint density at radius 2 is 2.43 bits per heavy atom. The molecule has 0 aromatic heterocycles. The molecule has 4 heteroatoms. The molecule has 0 bridgehead atoms. The molecule has 1 N–H and O–H groups in total. The fourth-order valence-electron chi connectivity index (χ4n) is 1.83. The Morgan fingerprint density at radius 1 is 1.71 bits per heavy atom. The summed E-state index contributed by atoms with van der Waals surface area (Å²) >= 11 is 0. The Morgan fingerprint density at radius 3 is 2.93 bits per heavy atom. The first-order chi connectivity index (χ1) is 6.69. The lowest BCUT2D eigenvalue weighted by atomic mass is 10.2. The highest BCUT2D eigenvalue weighted by Crippen LogP contribution is 2.12. The number of amides is 1. The van der Waals surface area contributed by atoms with Crippen LogP contribution in [0.25, 0.3) is 0 Å². The van der Waals surface area contributed by atoms with Gasteiger partial charge in [-0.2, -0.15) is 0 Å². The Balaban J connectivity index is 2.38. The van der Waals surface area contributed by atoms with Crippen molar-refractivity contribution in [1.82, 2.24) is 10.2 Å². The third kappa shape index (κ3) is 2.69. The summed E-state index contributed by atoms with van der Waals surface area (Å²) in [7, 11) is 3.57. The molecule has 1 saturated heterocycles. The first kappa shape index (κ1) is 11.5. The zero-order valence-electron chi connectivity index (χ0n) is 9.25. The van der Waals surface area contributed by atoms with E-state index in [4.69, 9.17) is 4.74 Å². The van der Waals surface area contributed by atoms with Crippen LogP contribution < -0.4 is 5.32 Å². The zero-order valence-corrected chi connectivity index (χ0v) is 9.25. The summed E-state index contributed by atoms with van der Waals surface area (Å²) in [5.41, 5.74) is 0. The van der Waals surface area contributed by atoms with Crippen molar-refractivity contribution in [1.29, 1.82) is 0 Å². The largest absolute Gasteiger partial charge is 0.384 e. The van der Waals surface area contributed by atoms with Crippen LogP contribution in [-0.2, 0) is 9.53 Å². The molecule has 1 fully saturated rings. The number of nitrogens with one attached hydrogen (secondary N) is 1. The molecule has 2 unspecified atom stereocenters. The van der Waals surface area contributed by atoms with Crippen molar-refractivity contribution in [2.45, 2.75) is 19.4 Å². The van der Waals surface area contributed by atoms with Crippen molar-refractivity contribution in [2.75, 3.05) is 33.9 Å². The minimum Gasteiger partial charge on any atom is -0.384 e. The number of ether oxygens (including phenoxy) is 1. The molecule has 14 heavy (non-hydrogen) atoms. The van der Waals surface area contributed by atoms with Gasteiger partial charge in [0.1, 0.15) is 0 Å². The highest BCUT2D eigenvalue weighted by atomic mass is 16.5. The predicted octanol–water partition coefficient (Wildman–Crippen LogP) is 0.0892. The molecule has 1 amide bonds. The third-order valence-electron chi connectivity index (χ3n) is 2.75. The smallest absolute Gasteiger partial charge is 0.227 e. The Hall–Kier alpha value is -0.610. The van der Waals surface area contributed by atoms with Gasteiger partial charge in [0.05, 0.1) is 12.5 Å². The van der Waals surface area contributed by atoms with Gasteiger partial charge in [-0.25, -0.2) is 0 Å². The molecular formula is C10H20N2O2. The second kappa shape index (κ2) is 5.32. The van der Waals surface area contributed by atoms with Crippen molar-refractivity contribution < 1.29 is 9.53 Å². The lowest BCUT2D eigenvalue weighted by Crippen LogP contribution is -2.37. The van der Waals surface area contributed by atoms with Crippen molar-refractivity contribution in [3.05, 3.63) is 0 Å². The molecule has 82 valence electrons. The summed E-state index contributed by atoms with van der Waals surface area (Å²) in [5.74, 6) is 0.195. The van der Waals surface area contributed by atoms with Crippen LogP contribution in [0.4, 0.5) is 0 Å². The van der Waals surface area contributed by atoms with E-state index in [9.17, 15) is 4.79 Å². The number of rotatable bonds is 4. The van der Waals surface area contributed by atoms with Gasteiger partial charge in [0.15, 0.2) is 0 Å². The molecule has 1 rings (SSSR count). The maximum atomic E-state index is 11.8. The molecule has 0 aromatic rings. The summed E-state index contributed by atoms with van der Waals surface area (Å²) < 4.78 is 4.97. The highest BCUT2D eigenvalue weighted by molar-refractivity contribution is 5.78. The molecule has 1 aliphatic rings. The van der Waals surface area contributed by atoms with Crippen molar-refractivity contribution >= 4 is 5.91 Å². The Bertz CT molecular complexity index is 197. The second-order valence-electron chi connectivity index (χ2n) is 3.91. The second-order valence-corrected chi connectivity index (χ2v) is 3.91. The summed E-state index contributed by atoms with van der Waals surface area (Å²) in [6.45, 7) is 4.14. The number of carbonyl (C=O) groups excluding carboxylic acids is 1. The predicted molar refractivity (Wildman–Crippen MR) is 55.1 cm³/mol. The van der Waals surface area contributed by atoms with E-state index in [1.165, 1.54) is 0 Å². The quantitative estimate of drug-likeness (QED) is 0.699. The normalized spacial score (nSPS) is 23.9. The maximum Gasteiger partial charge on any atom is 0.227 e. The van der Waals surface area contributed by atoms with Gasteiger partial charge >= 0.3 is 0 Å². The average Bonchev–Trinajstić information content (AvgIpc) is 2.65. The fraction of sp³-hybridized carbons (Fsp3) is 0.900. The number of methoxy groups -OCH3 is 1. The monoisotopic (exact) mass is 200 g/mol. The van der Waals surface area contributed by atoms with Crippen LogP contribution >= 0.6 is 0 Å². The van der Waals surface area contributed by atoms with E-state index in [0.29, 0.717) is 12.6 Å².